The van der Waals surface area contributed by atoms with Crippen LogP contribution in [0, 0.1) is 6.92 Å². The van der Waals surface area contributed by atoms with Gasteiger partial charge in [0.1, 0.15) is 10.0 Å². The van der Waals surface area contributed by atoms with Crippen molar-refractivity contribution in [3.05, 3.63) is 57.8 Å². The molecule has 2 aromatic heterocycles. The number of methoxy groups -OCH3 is 1. The van der Waals surface area contributed by atoms with Crippen molar-refractivity contribution in [2.45, 2.75) is 31.1 Å². The van der Waals surface area contributed by atoms with E-state index in [4.69, 9.17) is 23.2 Å². The molecule has 0 N–H and O–H groups in total. The molecule has 0 bridgehead atoms. The first-order valence-electron chi connectivity index (χ1n) is 8.49. The fourth-order valence-corrected chi connectivity index (χ4v) is 5.27. The van der Waals surface area contributed by atoms with Gasteiger partial charge in [-0.25, -0.2) is 17.4 Å². The van der Waals surface area contributed by atoms with Crippen LogP contribution in [0.3, 0.4) is 0 Å². The zero-order valence-corrected chi connectivity index (χ0v) is 17.6. The second kappa shape index (κ2) is 8.11. The van der Waals surface area contributed by atoms with Gasteiger partial charge in [0.2, 0.25) is 0 Å². The summed E-state index contributed by atoms with van der Waals surface area (Å²) in [5, 5.41) is 0.404. The summed E-state index contributed by atoms with van der Waals surface area (Å²) in [4.78, 5) is 15.6. The number of fused-ring (bicyclic) bond motifs is 1. The third-order valence-corrected chi connectivity index (χ3v) is 6.76. The molecule has 6 nitrogen and oxygen atoms in total. The summed E-state index contributed by atoms with van der Waals surface area (Å²) < 4.78 is 32.7. The third-order valence-electron chi connectivity index (χ3n) is 4.30. The van der Waals surface area contributed by atoms with Crippen LogP contribution >= 0.6 is 23.2 Å². The van der Waals surface area contributed by atoms with Crippen LogP contribution in [0.15, 0.2) is 41.3 Å². The maximum atomic E-state index is 13.4. The fourth-order valence-electron chi connectivity index (χ4n) is 2.98. The molecule has 9 heteroatoms. The van der Waals surface area contributed by atoms with Crippen molar-refractivity contribution < 1.29 is 17.9 Å². The highest BCUT2D eigenvalue weighted by atomic mass is 35.5. The third kappa shape index (κ3) is 4.01. The molecule has 0 aliphatic heterocycles. The first-order chi connectivity index (χ1) is 13.2. The minimum Gasteiger partial charge on any atom is -0.469 e. The lowest BCUT2D eigenvalue weighted by atomic mass is 10.2. The number of hydrogen-bond acceptors (Lipinski definition) is 5. The van der Waals surface area contributed by atoms with Crippen molar-refractivity contribution in [1.82, 2.24) is 8.96 Å². The predicted octanol–water partition coefficient (Wildman–Crippen LogP) is 4.38. The van der Waals surface area contributed by atoms with E-state index in [-0.39, 0.29) is 27.5 Å². The molecule has 0 aliphatic rings. The van der Waals surface area contributed by atoms with Gasteiger partial charge in [-0.15, -0.1) is 0 Å². The summed E-state index contributed by atoms with van der Waals surface area (Å²) in [6.45, 7) is 1.83. The molecule has 0 saturated heterocycles. The average Bonchev–Trinajstić information content (AvgIpc) is 2.99. The van der Waals surface area contributed by atoms with Gasteiger partial charge < -0.3 is 4.74 Å². The number of aromatic nitrogens is 2. The van der Waals surface area contributed by atoms with Gasteiger partial charge in [-0.05, 0) is 55.7 Å². The molecule has 1 aromatic carbocycles. The Morgan fingerprint density at radius 3 is 2.61 bits per heavy atom. The van der Waals surface area contributed by atoms with Crippen molar-refractivity contribution in [2.24, 2.45) is 0 Å². The number of rotatable bonds is 6. The summed E-state index contributed by atoms with van der Waals surface area (Å²) in [5.41, 5.74) is 2.19. The lowest BCUT2D eigenvalue weighted by molar-refractivity contribution is -0.140. The van der Waals surface area contributed by atoms with Crippen LogP contribution < -0.4 is 0 Å². The number of esters is 1. The van der Waals surface area contributed by atoms with Gasteiger partial charge in [0.05, 0.1) is 23.2 Å². The molecule has 0 amide bonds. The number of pyridine rings is 1. The van der Waals surface area contributed by atoms with Gasteiger partial charge in [0.15, 0.2) is 0 Å². The van der Waals surface area contributed by atoms with Gasteiger partial charge in [0, 0.05) is 12.1 Å². The summed E-state index contributed by atoms with van der Waals surface area (Å²) in [6, 6.07) is 9.58. The van der Waals surface area contributed by atoms with E-state index < -0.39 is 10.0 Å². The Bertz CT molecular complexity index is 1160. The van der Waals surface area contributed by atoms with E-state index in [1.165, 1.54) is 23.2 Å². The number of carbonyl (C=O) groups excluding carboxylic acids is 1. The average molecular weight is 441 g/mol. The Balaban J connectivity index is 2.14. The molecule has 0 unspecified atom stereocenters. The minimum absolute atomic E-state index is 0.00133. The first kappa shape index (κ1) is 20.6. The Labute approximate surface area is 173 Å². The van der Waals surface area contributed by atoms with Crippen molar-refractivity contribution in [1.29, 1.82) is 0 Å². The van der Waals surface area contributed by atoms with E-state index in [0.29, 0.717) is 29.6 Å². The maximum Gasteiger partial charge on any atom is 0.305 e. The van der Waals surface area contributed by atoms with Crippen LogP contribution in [0.25, 0.3) is 11.0 Å². The number of benzene rings is 1. The zero-order valence-electron chi connectivity index (χ0n) is 15.3. The summed E-state index contributed by atoms with van der Waals surface area (Å²) in [6.07, 6.45) is 0.942. The normalized spacial score (nSPS) is 11.7. The van der Waals surface area contributed by atoms with Crippen molar-refractivity contribution >= 4 is 50.2 Å². The Kier molecular flexibility index (Phi) is 5.98. The van der Waals surface area contributed by atoms with E-state index in [1.807, 2.05) is 6.92 Å². The van der Waals surface area contributed by atoms with E-state index in [2.05, 4.69) is 9.72 Å². The van der Waals surface area contributed by atoms with Crippen molar-refractivity contribution in [3.8, 4) is 0 Å². The van der Waals surface area contributed by atoms with Gasteiger partial charge >= 0.3 is 5.97 Å². The molecule has 2 heterocycles. The van der Waals surface area contributed by atoms with Crippen LogP contribution in [-0.4, -0.2) is 30.5 Å². The molecule has 0 atom stereocenters. The summed E-state index contributed by atoms with van der Waals surface area (Å²) in [7, 11) is -2.67. The quantitative estimate of drug-likeness (QED) is 0.419. The van der Waals surface area contributed by atoms with Crippen molar-refractivity contribution in [2.75, 3.05) is 7.11 Å². The van der Waals surface area contributed by atoms with Gasteiger partial charge in [-0.2, -0.15) is 0 Å². The van der Waals surface area contributed by atoms with Gasteiger partial charge in [0.25, 0.3) is 10.0 Å². The monoisotopic (exact) mass is 440 g/mol. The fraction of sp³-hybridized carbons (Fsp3) is 0.263. The molecule has 0 aliphatic carbocycles. The first-order valence-corrected chi connectivity index (χ1v) is 10.7. The highest BCUT2D eigenvalue weighted by Gasteiger charge is 2.26. The molecule has 3 rings (SSSR count). The highest BCUT2D eigenvalue weighted by molar-refractivity contribution is 7.90. The summed E-state index contributed by atoms with van der Waals surface area (Å²) >= 11 is 12.2. The van der Waals surface area contributed by atoms with Crippen LogP contribution in [-0.2, 0) is 26.0 Å². The maximum absolute atomic E-state index is 13.4. The van der Waals surface area contributed by atoms with Gasteiger partial charge in [-0.1, -0.05) is 29.3 Å². The number of aryl methyl sites for hydroxylation is 2. The molecule has 0 fully saturated rings. The Hall–Kier alpha value is -2.09. The smallest absolute Gasteiger partial charge is 0.305 e. The molecular formula is C19H18Cl2N2O4S. The zero-order chi connectivity index (χ0) is 20.5. The molecule has 0 radical (unpaired) electrons. The van der Waals surface area contributed by atoms with E-state index in [1.54, 1.807) is 24.3 Å². The highest BCUT2D eigenvalue weighted by Crippen LogP contribution is 2.30. The second-order valence-electron chi connectivity index (χ2n) is 6.31. The van der Waals surface area contributed by atoms with E-state index in [9.17, 15) is 13.2 Å². The second-order valence-corrected chi connectivity index (χ2v) is 8.86. The molecule has 3 aromatic rings. The van der Waals surface area contributed by atoms with Crippen LogP contribution in [0.4, 0.5) is 0 Å². The van der Waals surface area contributed by atoms with Crippen molar-refractivity contribution in [3.63, 3.8) is 0 Å². The van der Waals surface area contributed by atoms with Gasteiger partial charge in [-0.3, -0.25) is 4.79 Å². The SMILES string of the molecule is COC(=O)CCCc1cc2nc(Cl)ccc2n1S(=O)(=O)c1ccc(C)cc1Cl. The number of halogens is 2. The number of carbonyl (C=O) groups is 1. The molecule has 0 saturated carbocycles. The lowest BCUT2D eigenvalue weighted by Crippen LogP contribution is -2.16. The lowest BCUT2D eigenvalue weighted by Gasteiger charge is -2.13. The minimum atomic E-state index is -3.98. The van der Waals surface area contributed by atoms with Crippen LogP contribution in [0.2, 0.25) is 10.2 Å². The molecule has 28 heavy (non-hydrogen) atoms. The number of hydrogen-bond donors (Lipinski definition) is 0. The topological polar surface area (TPSA) is 78.3 Å². The number of ether oxygens (including phenoxy) is 1. The van der Waals surface area contributed by atoms with Crippen LogP contribution in [0.1, 0.15) is 24.1 Å². The van der Waals surface area contributed by atoms with E-state index >= 15 is 0 Å². The predicted molar refractivity (Wildman–Crippen MR) is 108 cm³/mol. The summed E-state index contributed by atoms with van der Waals surface area (Å²) in [5.74, 6) is -0.353. The molecular weight excluding hydrogens is 423 g/mol. The largest absolute Gasteiger partial charge is 0.469 e. The Morgan fingerprint density at radius 1 is 1.18 bits per heavy atom. The number of nitrogens with zero attached hydrogens (tertiary/aromatic N) is 2. The van der Waals surface area contributed by atoms with E-state index in [0.717, 1.165) is 5.56 Å². The Morgan fingerprint density at radius 2 is 1.93 bits per heavy atom. The van der Waals surface area contributed by atoms with Crippen LogP contribution in [0.5, 0.6) is 0 Å². The standard InChI is InChI=1S/C19H18Cl2N2O4S/c1-12-6-8-17(14(20)10-12)28(25,26)23-13(4-3-5-19(24)27-2)11-15-16(23)7-9-18(21)22-15/h6-11H,3-5H2,1-2H3. The molecule has 0 spiro atoms. The molecule has 148 valence electrons.